The molecule has 0 saturated carbocycles. The summed E-state index contributed by atoms with van der Waals surface area (Å²) in [4.78, 5) is 10.5. The van der Waals surface area contributed by atoms with Crippen LogP contribution >= 0.6 is 11.3 Å². The largest absolute Gasteiger partial charge is 0.245 e. The van der Waals surface area contributed by atoms with Crippen LogP contribution in [0.1, 0.15) is 0 Å². The lowest BCUT2D eigenvalue weighted by Crippen LogP contribution is -1.91. The van der Waals surface area contributed by atoms with E-state index in [4.69, 9.17) is 9.97 Å². The third kappa shape index (κ3) is 5.01. The van der Waals surface area contributed by atoms with E-state index in [1.54, 1.807) is 0 Å². The lowest BCUT2D eigenvalue weighted by atomic mass is 9.93. The number of aromatic nitrogens is 2. The zero-order valence-electron chi connectivity index (χ0n) is 28.6. The van der Waals surface area contributed by atoms with Gasteiger partial charge in [-0.1, -0.05) is 146 Å². The van der Waals surface area contributed by atoms with E-state index in [1.807, 2.05) is 11.3 Å². The molecule has 0 fully saturated rings. The summed E-state index contributed by atoms with van der Waals surface area (Å²) in [5.41, 5.74) is 10.7. The Kier molecular flexibility index (Phi) is 6.76. The van der Waals surface area contributed by atoms with Gasteiger partial charge in [0.15, 0.2) is 0 Å². The van der Waals surface area contributed by atoms with Crippen LogP contribution in [0.4, 0.5) is 0 Å². The van der Waals surface area contributed by atoms with E-state index in [2.05, 4.69) is 182 Å². The average molecular weight is 691 g/mol. The molecule has 0 spiro atoms. The quantitative estimate of drug-likeness (QED) is 0.172. The van der Waals surface area contributed by atoms with Crippen LogP contribution in [-0.4, -0.2) is 9.97 Å². The molecule has 3 aromatic heterocycles. The number of fused-ring (bicyclic) bond motifs is 9. The molecule has 0 bridgehead atoms. The Balaban J connectivity index is 0.940. The van der Waals surface area contributed by atoms with E-state index in [-0.39, 0.29) is 0 Å². The molecule has 0 radical (unpaired) electrons. The second kappa shape index (κ2) is 11.9. The third-order valence-corrected chi connectivity index (χ3v) is 11.8. The normalized spacial score (nSPS) is 11.8. The van der Waals surface area contributed by atoms with E-state index >= 15 is 0 Å². The van der Waals surface area contributed by atoms with Crippen LogP contribution in [0.2, 0.25) is 0 Å². The summed E-state index contributed by atoms with van der Waals surface area (Å²) in [6.45, 7) is 0. The summed E-state index contributed by atoms with van der Waals surface area (Å²) in [6.07, 6.45) is 0. The minimum absolute atomic E-state index is 0.916. The highest BCUT2D eigenvalue weighted by Crippen LogP contribution is 2.38. The number of hydrogen-bond donors (Lipinski definition) is 0. The molecule has 0 aliphatic rings. The van der Waals surface area contributed by atoms with Gasteiger partial charge in [-0.3, -0.25) is 0 Å². The smallest absolute Gasteiger partial charge is 0.0972 e. The molecule has 0 aliphatic carbocycles. The van der Waals surface area contributed by atoms with Crippen molar-refractivity contribution in [1.82, 2.24) is 9.97 Å². The Morgan fingerprint density at radius 3 is 1.51 bits per heavy atom. The molecule has 0 amide bonds. The summed E-state index contributed by atoms with van der Waals surface area (Å²) < 4.78 is 2.65. The highest BCUT2D eigenvalue weighted by Gasteiger charge is 2.12. The molecule has 8 aromatic carbocycles. The summed E-state index contributed by atoms with van der Waals surface area (Å²) >= 11 is 1.85. The monoisotopic (exact) mass is 690 g/mol. The molecule has 2 nitrogen and oxygen atoms in total. The Morgan fingerprint density at radius 2 is 0.811 bits per heavy atom. The fourth-order valence-corrected chi connectivity index (χ4v) is 9.03. The molecule has 0 aliphatic heterocycles. The molecule has 3 heterocycles. The van der Waals surface area contributed by atoms with Gasteiger partial charge in [-0.25, -0.2) is 9.97 Å². The number of pyridine rings is 2. The molecule has 0 unspecified atom stereocenters. The first-order valence-electron chi connectivity index (χ1n) is 18.0. The molecule has 0 atom stereocenters. The van der Waals surface area contributed by atoms with Gasteiger partial charge in [0.1, 0.15) is 0 Å². The lowest BCUT2D eigenvalue weighted by Gasteiger charge is -2.12. The Labute approximate surface area is 310 Å². The Hall–Kier alpha value is -6.68. The van der Waals surface area contributed by atoms with Crippen molar-refractivity contribution >= 4 is 74.9 Å². The summed E-state index contributed by atoms with van der Waals surface area (Å²) in [7, 11) is 0. The number of benzene rings is 8. The standard InChI is InChI=1S/C50H30N2S/c1-2-8-39-38(7-1)30-43(41-10-4-3-9-40(39)41)32-15-19-34(20-16-32)46-27-24-36-22-21-35-23-26-45(51-49(35)50(36)52-46)33-17-13-31(14-18-33)37-25-28-48-44(29-37)42-11-5-6-12-47(42)53-48/h1-30H. The van der Waals surface area contributed by atoms with Gasteiger partial charge >= 0.3 is 0 Å². The minimum atomic E-state index is 0.916. The molecular formula is C50H30N2S. The summed E-state index contributed by atoms with van der Waals surface area (Å²) in [5.74, 6) is 0. The van der Waals surface area contributed by atoms with Crippen molar-refractivity contribution in [2.24, 2.45) is 0 Å². The van der Waals surface area contributed by atoms with E-state index in [0.717, 1.165) is 44.3 Å². The van der Waals surface area contributed by atoms with Crippen LogP contribution in [0.25, 0.3) is 108 Å². The summed E-state index contributed by atoms with van der Waals surface area (Å²) in [5, 5.41) is 9.87. The van der Waals surface area contributed by atoms with E-state index in [9.17, 15) is 0 Å². The van der Waals surface area contributed by atoms with Gasteiger partial charge in [-0.15, -0.1) is 11.3 Å². The van der Waals surface area contributed by atoms with Crippen molar-refractivity contribution in [3.63, 3.8) is 0 Å². The fraction of sp³-hybridized carbons (Fsp3) is 0. The first-order chi connectivity index (χ1) is 26.2. The predicted molar refractivity (Wildman–Crippen MR) is 227 cm³/mol. The number of nitrogens with zero attached hydrogens (tertiary/aromatic N) is 2. The van der Waals surface area contributed by atoms with E-state index in [0.29, 0.717) is 0 Å². The molecular weight excluding hydrogens is 661 g/mol. The first kappa shape index (κ1) is 30.0. The fourth-order valence-electron chi connectivity index (χ4n) is 7.94. The van der Waals surface area contributed by atoms with Gasteiger partial charge in [-0.2, -0.15) is 0 Å². The van der Waals surface area contributed by atoms with Crippen molar-refractivity contribution < 1.29 is 0 Å². The molecule has 0 saturated heterocycles. The van der Waals surface area contributed by atoms with E-state index < -0.39 is 0 Å². The van der Waals surface area contributed by atoms with Gasteiger partial charge in [0.2, 0.25) is 0 Å². The second-order valence-electron chi connectivity index (χ2n) is 13.8. The maximum Gasteiger partial charge on any atom is 0.0972 e. The van der Waals surface area contributed by atoms with Gasteiger partial charge in [0, 0.05) is 42.1 Å². The summed E-state index contributed by atoms with van der Waals surface area (Å²) in [6, 6.07) is 65.6. The van der Waals surface area contributed by atoms with Gasteiger partial charge < -0.3 is 0 Å². The van der Waals surface area contributed by atoms with Crippen molar-refractivity contribution in [3.05, 3.63) is 182 Å². The molecule has 246 valence electrons. The zero-order chi connectivity index (χ0) is 34.9. The van der Waals surface area contributed by atoms with Crippen LogP contribution in [0.5, 0.6) is 0 Å². The first-order valence-corrected chi connectivity index (χ1v) is 18.8. The van der Waals surface area contributed by atoms with Crippen LogP contribution in [0.15, 0.2) is 182 Å². The molecule has 0 N–H and O–H groups in total. The van der Waals surface area contributed by atoms with Crippen molar-refractivity contribution in [3.8, 4) is 44.8 Å². The highest BCUT2D eigenvalue weighted by molar-refractivity contribution is 7.25. The number of thiophene rings is 1. The van der Waals surface area contributed by atoms with Gasteiger partial charge in [-0.05, 0) is 80.2 Å². The maximum absolute atomic E-state index is 5.24. The number of hydrogen-bond acceptors (Lipinski definition) is 3. The topological polar surface area (TPSA) is 25.8 Å². The Morgan fingerprint density at radius 1 is 0.302 bits per heavy atom. The van der Waals surface area contributed by atoms with Crippen molar-refractivity contribution in [2.45, 2.75) is 0 Å². The highest BCUT2D eigenvalue weighted by atomic mass is 32.1. The lowest BCUT2D eigenvalue weighted by molar-refractivity contribution is 1.36. The van der Waals surface area contributed by atoms with Crippen LogP contribution in [0.3, 0.4) is 0 Å². The predicted octanol–water partition coefficient (Wildman–Crippen LogP) is 14.1. The second-order valence-corrected chi connectivity index (χ2v) is 14.8. The average Bonchev–Trinajstić information content (AvgIpc) is 3.61. The Bertz CT molecular complexity index is 3210. The van der Waals surface area contributed by atoms with Crippen molar-refractivity contribution in [1.29, 1.82) is 0 Å². The van der Waals surface area contributed by atoms with Crippen LogP contribution in [0, 0.1) is 0 Å². The molecule has 53 heavy (non-hydrogen) atoms. The zero-order valence-corrected chi connectivity index (χ0v) is 29.4. The maximum atomic E-state index is 5.24. The number of rotatable bonds is 4. The minimum Gasteiger partial charge on any atom is -0.245 e. The molecule has 11 rings (SSSR count). The van der Waals surface area contributed by atoms with Gasteiger partial charge in [0.25, 0.3) is 0 Å². The van der Waals surface area contributed by atoms with Crippen LogP contribution < -0.4 is 0 Å². The van der Waals surface area contributed by atoms with Gasteiger partial charge in [0.05, 0.1) is 22.4 Å². The SMILES string of the molecule is c1ccc2c(c1)cc(-c1ccc(-c3ccc4ccc5ccc(-c6ccc(-c7ccc8sc9ccccc9c8c7)cc6)nc5c4n3)cc1)c1ccccc12. The third-order valence-electron chi connectivity index (χ3n) is 10.7. The van der Waals surface area contributed by atoms with Crippen molar-refractivity contribution in [2.75, 3.05) is 0 Å². The van der Waals surface area contributed by atoms with Crippen LogP contribution in [-0.2, 0) is 0 Å². The molecule has 11 aromatic rings. The molecule has 3 heteroatoms. The van der Waals surface area contributed by atoms with E-state index in [1.165, 1.54) is 64.0 Å².